The third-order valence-corrected chi connectivity index (χ3v) is 4.56. The molecule has 2 N–H and O–H groups in total. The van der Waals surface area contributed by atoms with Crippen LogP contribution in [0.4, 0.5) is 0 Å². The highest BCUT2D eigenvalue weighted by Crippen LogP contribution is 2.17. The lowest BCUT2D eigenvalue weighted by Crippen LogP contribution is -2.45. The summed E-state index contributed by atoms with van der Waals surface area (Å²) in [5.74, 6) is -1.58. The van der Waals surface area contributed by atoms with Crippen molar-refractivity contribution in [1.82, 2.24) is 10.2 Å². The molecule has 0 radical (unpaired) electrons. The van der Waals surface area contributed by atoms with Crippen LogP contribution < -0.4 is 5.32 Å². The Labute approximate surface area is 126 Å². The number of hydrogen-bond donors (Lipinski definition) is 2. The van der Waals surface area contributed by atoms with Crippen LogP contribution in [-0.2, 0) is 9.59 Å². The van der Waals surface area contributed by atoms with Crippen molar-refractivity contribution in [2.75, 3.05) is 19.6 Å². The van der Waals surface area contributed by atoms with E-state index in [0.29, 0.717) is 30.8 Å². The van der Waals surface area contributed by atoms with E-state index in [-0.39, 0.29) is 24.3 Å². The van der Waals surface area contributed by atoms with E-state index in [2.05, 4.69) is 5.32 Å². The van der Waals surface area contributed by atoms with E-state index >= 15 is 0 Å². The summed E-state index contributed by atoms with van der Waals surface area (Å²) < 4.78 is 0. The van der Waals surface area contributed by atoms with E-state index in [4.69, 9.17) is 5.11 Å². The predicted molar refractivity (Wildman–Crippen MR) is 78.3 cm³/mol. The van der Waals surface area contributed by atoms with Gasteiger partial charge in [-0.1, -0.05) is 0 Å². The molecule has 1 aromatic rings. The first-order chi connectivity index (χ1) is 9.97. The van der Waals surface area contributed by atoms with Gasteiger partial charge in [0, 0.05) is 18.0 Å². The summed E-state index contributed by atoms with van der Waals surface area (Å²) in [5.41, 5.74) is 0. The molecule has 2 amide bonds. The van der Waals surface area contributed by atoms with Crippen molar-refractivity contribution in [3.63, 3.8) is 0 Å². The molecule has 2 rings (SSSR count). The summed E-state index contributed by atoms with van der Waals surface area (Å²) in [4.78, 5) is 37.9. The lowest BCUT2D eigenvalue weighted by Gasteiger charge is -2.30. The quantitative estimate of drug-likeness (QED) is 0.872. The third kappa shape index (κ3) is 4.04. The molecule has 114 valence electrons. The Bertz CT molecular complexity index is 547. The van der Waals surface area contributed by atoms with Gasteiger partial charge in [0.2, 0.25) is 5.91 Å². The van der Waals surface area contributed by atoms with E-state index in [0.717, 1.165) is 4.88 Å². The lowest BCUT2D eigenvalue weighted by atomic mass is 9.97. The summed E-state index contributed by atoms with van der Waals surface area (Å²) in [6, 6.07) is 3.59. The first-order valence-corrected chi connectivity index (χ1v) is 7.64. The van der Waals surface area contributed by atoms with Gasteiger partial charge in [0.1, 0.15) is 0 Å². The number of carboxylic acid groups (broad SMARTS) is 1. The Kier molecular flexibility index (Phi) is 4.95. The van der Waals surface area contributed by atoms with Gasteiger partial charge >= 0.3 is 5.97 Å². The Hall–Kier alpha value is -1.89. The number of likely N-dealkylation sites (tertiary alicyclic amines) is 1. The van der Waals surface area contributed by atoms with Crippen LogP contribution in [0.5, 0.6) is 0 Å². The molecular weight excluding hydrogens is 292 g/mol. The van der Waals surface area contributed by atoms with Crippen LogP contribution >= 0.6 is 11.3 Å². The van der Waals surface area contributed by atoms with Crippen LogP contribution in [0.25, 0.3) is 0 Å². The number of nitrogens with one attached hydrogen (secondary N) is 1. The van der Waals surface area contributed by atoms with Gasteiger partial charge in [-0.05, 0) is 31.9 Å². The highest BCUT2D eigenvalue weighted by Gasteiger charge is 2.26. The first kappa shape index (κ1) is 15.5. The van der Waals surface area contributed by atoms with Crippen LogP contribution in [0.3, 0.4) is 0 Å². The molecule has 0 aromatic carbocycles. The lowest BCUT2D eigenvalue weighted by molar-refractivity contribution is -0.145. The Morgan fingerprint density at radius 3 is 2.52 bits per heavy atom. The molecule has 2 heterocycles. The normalized spacial score (nSPS) is 15.8. The molecule has 1 fully saturated rings. The molecule has 1 aliphatic heterocycles. The highest BCUT2D eigenvalue weighted by molar-refractivity contribution is 7.13. The summed E-state index contributed by atoms with van der Waals surface area (Å²) in [7, 11) is 0. The van der Waals surface area contributed by atoms with Crippen molar-refractivity contribution < 1.29 is 19.5 Å². The molecule has 0 bridgehead atoms. The number of thiophene rings is 1. The average Bonchev–Trinajstić information content (AvgIpc) is 2.91. The second kappa shape index (κ2) is 6.71. The standard InChI is InChI=1S/C14H18N2O4S/c1-9-2-3-11(21-9)13(18)15-8-12(17)16-6-4-10(5-7-16)14(19)20/h2-3,10H,4-8H2,1H3,(H,15,18)(H,19,20). The zero-order chi connectivity index (χ0) is 15.4. The minimum Gasteiger partial charge on any atom is -0.481 e. The Morgan fingerprint density at radius 1 is 1.33 bits per heavy atom. The molecule has 0 unspecified atom stereocenters. The van der Waals surface area contributed by atoms with E-state index in [1.807, 2.05) is 13.0 Å². The molecule has 0 atom stereocenters. The van der Waals surface area contributed by atoms with E-state index in [1.54, 1.807) is 11.0 Å². The summed E-state index contributed by atoms with van der Waals surface area (Å²) in [6.07, 6.45) is 0.943. The zero-order valence-corrected chi connectivity index (χ0v) is 12.6. The summed E-state index contributed by atoms with van der Waals surface area (Å²) >= 11 is 1.38. The predicted octanol–water partition coefficient (Wildman–Crippen LogP) is 1.11. The molecule has 1 saturated heterocycles. The number of amides is 2. The van der Waals surface area contributed by atoms with Gasteiger partial charge in [-0.25, -0.2) is 0 Å². The molecule has 6 nitrogen and oxygen atoms in total. The van der Waals surface area contributed by atoms with Gasteiger partial charge < -0.3 is 15.3 Å². The van der Waals surface area contributed by atoms with E-state index < -0.39 is 5.97 Å². The first-order valence-electron chi connectivity index (χ1n) is 6.82. The van der Waals surface area contributed by atoms with E-state index in [1.165, 1.54) is 11.3 Å². The van der Waals surface area contributed by atoms with Crippen molar-refractivity contribution in [2.24, 2.45) is 5.92 Å². The van der Waals surface area contributed by atoms with Crippen molar-refractivity contribution in [1.29, 1.82) is 0 Å². The largest absolute Gasteiger partial charge is 0.481 e. The number of carbonyl (C=O) groups is 3. The molecule has 21 heavy (non-hydrogen) atoms. The van der Waals surface area contributed by atoms with Crippen LogP contribution in [0.15, 0.2) is 12.1 Å². The molecular formula is C14H18N2O4S. The summed E-state index contributed by atoms with van der Waals surface area (Å²) in [6.45, 7) is 2.74. The third-order valence-electron chi connectivity index (χ3n) is 3.56. The number of nitrogens with zero attached hydrogens (tertiary/aromatic N) is 1. The summed E-state index contributed by atoms with van der Waals surface area (Å²) in [5, 5.41) is 11.5. The van der Waals surface area contributed by atoms with Gasteiger partial charge in [0.15, 0.2) is 0 Å². The monoisotopic (exact) mass is 310 g/mol. The second-order valence-electron chi connectivity index (χ2n) is 5.09. The molecule has 1 aromatic heterocycles. The fourth-order valence-corrected chi connectivity index (χ4v) is 3.07. The smallest absolute Gasteiger partial charge is 0.306 e. The van der Waals surface area contributed by atoms with Gasteiger partial charge in [0.25, 0.3) is 5.91 Å². The minimum atomic E-state index is -0.802. The molecule has 0 saturated carbocycles. The Balaban J connectivity index is 1.78. The highest BCUT2D eigenvalue weighted by atomic mass is 32.1. The number of carbonyl (C=O) groups excluding carboxylic acids is 2. The van der Waals surface area contributed by atoms with Gasteiger partial charge in [0.05, 0.1) is 17.3 Å². The van der Waals surface area contributed by atoms with Crippen molar-refractivity contribution in [2.45, 2.75) is 19.8 Å². The number of carboxylic acids is 1. The van der Waals surface area contributed by atoms with Gasteiger partial charge in [-0.2, -0.15) is 0 Å². The average molecular weight is 310 g/mol. The van der Waals surface area contributed by atoms with Crippen molar-refractivity contribution in [3.05, 3.63) is 21.9 Å². The van der Waals surface area contributed by atoms with E-state index in [9.17, 15) is 14.4 Å². The minimum absolute atomic E-state index is 0.0481. The maximum absolute atomic E-state index is 12.0. The van der Waals surface area contributed by atoms with Crippen LogP contribution in [0, 0.1) is 12.8 Å². The second-order valence-corrected chi connectivity index (χ2v) is 6.37. The molecule has 0 aliphatic carbocycles. The molecule has 1 aliphatic rings. The number of rotatable bonds is 4. The number of aliphatic carboxylic acids is 1. The van der Waals surface area contributed by atoms with Crippen LogP contribution in [-0.4, -0.2) is 47.4 Å². The molecule has 7 heteroatoms. The topological polar surface area (TPSA) is 86.7 Å². The fraction of sp³-hybridized carbons (Fsp3) is 0.500. The van der Waals surface area contributed by atoms with Crippen LogP contribution in [0.2, 0.25) is 0 Å². The SMILES string of the molecule is Cc1ccc(C(=O)NCC(=O)N2CCC(C(=O)O)CC2)s1. The Morgan fingerprint density at radius 2 is 2.00 bits per heavy atom. The maximum Gasteiger partial charge on any atom is 0.306 e. The number of aryl methyl sites for hydroxylation is 1. The number of hydrogen-bond acceptors (Lipinski definition) is 4. The number of piperidine rings is 1. The maximum atomic E-state index is 12.0. The zero-order valence-electron chi connectivity index (χ0n) is 11.8. The van der Waals surface area contributed by atoms with Crippen LogP contribution in [0.1, 0.15) is 27.4 Å². The van der Waals surface area contributed by atoms with Crippen molar-refractivity contribution >= 4 is 29.1 Å². The van der Waals surface area contributed by atoms with Crippen molar-refractivity contribution in [3.8, 4) is 0 Å². The van der Waals surface area contributed by atoms with Gasteiger partial charge in [-0.3, -0.25) is 14.4 Å². The molecule has 0 spiro atoms. The fourth-order valence-electron chi connectivity index (χ4n) is 2.29. The van der Waals surface area contributed by atoms with Gasteiger partial charge in [-0.15, -0.1) is 11.3 Å².